The number of methoxy groups -OCH3 is 1. The number of ether oxygens (including phenoxy) is 1. The van der Waals surface area contributed by atoms with Crippen LogP contribution in [0.2, 0.25) is 0 Å². The summed E-state index contributed by atoms with van der Waals surface area (Å²) in [6.07, 6.45) is 1.45. The molecule has 0 spiro atoms. The molecule has 3 aromatic carbocycles. The first-order valence-corrected chi connectivity index (χ1v) is 12.0. The van der Waals surface area contributed by atoms with E-state index in [4.69, 9.17) is 4.74 Å². The summed E-state index contributed by atoms with van der Waals surface area (Å²) in [4.78, 5) is 17.3. The van der Waals surface area contributed by atoms with E-state index in [1.54, 1.807) is 25.1 Å². The number of para-hydroxylation sites is 2. The molecule has 34 heavy (non-hydrogen) atoms. The summed E-state index contributed by atoms with van der Waals surface area (Å²) in [6.45, 7) is 3.61. The molecule has 9 heteroatoms. The van der Waals surface area contributed by atoms with Crippen LogP contribution < -0.4 is 15.0 Å². The minimum absolute atomic E-state index is 0.0378. The van der Waals surface area contributed by atoms with E-state index < -0.39 is 10.0 Å². The summed E-state index contributed by atoms with van der Waals surface area (Å²) in [5, 5.41) is 3.04. The SMILES string of the molecule is COc1cc(S(=O)(=O)Nc2ccccc2C)ccc1N=Cc1c(C)[nH]n(-c2ccccc2)c1=O. The number of aryl methyl sites for hydroxylation is 2. The number of anilines is 1. The quantitative estimate of drug-likeness (QED) is 0.387. The van der Waals surface area contributed by atoms with Crippen molar-refractivity contribution in [2.75, 3.05) is 11.8 Å². The van der Waals surface area contributed by atoms with Gasteiger partial charge in [-0.15, -0.1) is 0 Å². The van der Waals surface area contributed by atoms with Crippen LogP contribution in [0.5, 0.6) is 5.75 Å². The van der Waals surface area contributed by atoms with Gasteiger partial charge in [-0.2, -0.15) is 0 Å². The predicted molar refractivity (Wildman–Crippen MR) is 133 cm³/mol. The van der Waals surface area contributed by atoms with Crippen LogP contribution in [0.4, 0.5) is 11.4 Å². The molecule has 2 N–H and O–H groups in total. The van der Waals surface area contributed by atoms with Gasteiger partial charge in [-0.05, 0) is 49.7 Å². The highest BCUT2D eigenvalue weighted by molar-refractivity contribution is 7.92. The van der Waals surface area contributed by atoms with Gasteiger partial charge in [0.05, 0.1) is 28.9 Å². The van der Waals surface area contributed by atoms with Crippen LogP contribution in [0.3, 0.4) is 0 Å². The van der Waals surface area contributed by atoms with Crippen molar-refractivity contribution < 1.29 is 13.2 Å². The van der Waals surface area contributed by atoms with Gasteiger partial charge >= 0.3 is 0 Å². The van der Waals surface area contributed by atoms with E-state index in [0.29, 0.717) is 28.3 Å². The maximum absolute atomic E-state index is 12.9. The molecule has 0 radical (unpaired) electrons. The normalized spacial score (nSPS) is 11.6. The highest BCUT2D eigenvalue weighted by Gasteiger charge is 2.18. The zero-order valence-corrected chi connectivity index (χ0v) is 19.8. The van der Waals surface area contributed by atoms with Gasteiger partial charge in [-0.3, -0.25) is 19.6 Å². The van der Waals surface area contributed by atoms with Gasteiger partial charge in [-0.1, -0.05) is 36.4 Å². The second-order valence-corrected chi connectivity index (χ2v) is 9.32. The zero-order chi connectivity index (χ0) is 24.3. The average Bonchev–Trinajstić information content (AvgIpc) is 3.12. The van der Waals surface area contributed by atoms with E-state index in [9.17, 15) is 13.2 Å². The number of rotatable bonds is 7. The predicted octanol–water partition coefficient (Wildman–Crippen LogP) is 4.34. The second-order valence-electron chi connectivity index (χ2n) is 7.64. The van der Waals surface area contributed by atoms with Crippen molar-refractivity contribution in [1.29, 1.82) is 0 Å². The van der Waals surface area contributed by atoms with Crippen LogP contribution in [0.15, 0.2) is 87.5 Å². The average molecular weight is 477 g/mol. The molecule has 8 nitrogen and oxygen atoms in total. The monoisotopic (exact) mass is 476 g/mol. The third-order valence-corrected chi connectivity index (χ3v) is 6.68. The third kappa shape index (κ3) is 4.65. The van der Waals surface area contributed by atoms with Crippen molar-refractivity contribution in [3.8, 4) is 11.4 Å². The summed E-state index contributed by atoms with van der Waals surface area (Å²) < 4.78 is 35.2. The molecule has 0 aliphatic rings. The molecule has 4 aromatic rings. The standard InChI is InChI=1S/C25H24N4O4S/c1-17-9-7-8-12-22(17)28-34(31,32)20-13-14-23(24(15-20)33-3)26-16-21-18(2)27-29(25(21)30)19-10-5-4-6-11-19/h4-16,27-28H,1-3H3. The molecule has 1 aromatic heterocycles. The van der Waals surface area contributed by atoms with Crippen molar-refractivity contribution in [1.82, 2.24) is 9.78 Å². The Bertz CT molecular complexity index is 1520. The van der Waals surface area contributed by atoms with E-state index in [1.807, 2.05) is 49.4 Å². The Hall–Kier alpha value is -4.11. The highest BCUT2D eigenvalue weighted by Crippen LogP contribution is 2.31. The number of H-pyrrole nitrogens is 1. The summed E-state index contributed by atoms with van der Waals surface area (Å²) in [5.74, 6) is 0.264. The molecule has 0 saturated heterocycles. The number of aromatic nitrogens is 2. The Labute approximate surface area is 197 Å². The van der Waals surface area contributed by atoms with Crippen LogP contribution in [0.25, 0.3) is 5.69 Å². The van der Waals surface area contributed by atoms with Crippen LogP contribution in [0.1, 0.15) is 16.8 Å². The second kappa shape index (κ2) is 9.40. The molecule has 0 amide bonds. The van der Waals surface area contributed by atoms with E-state index in [-0.39, 0.29) is 16.2 Å². The highest BCUT2D eigenvalue weighted by atomic mass is 32.2. The molecule has 0 bridgehead atoms. The Balaban J connectivity index is 1.64. The van der Waals surface area contributed by atoms with Crippen LogP contribution >= 0.6 is 0 Å². The van der Waals surface area contributed by atoms with Crippen LogP contribution in [-0.4, -0.2) is 31.5 Å². The molecular formula is C25H24N4O4S. The van der Waals surface area contributed by atoms with Crippen LogP contribution in [-0.2, 0) is 10.0 Å². The molecule has 0 saturated carbocycles. The van der Waals surface area contributed by atoms with Crippen molar-refractivity contribution in [3.05, 3.63) is 100.0 Å². The number of aliphatic imine (C=N–C) groups is 1. The molecule has 1 heterocycles. The lowest BCUT2D eigenvalue weighted by molar-refractivity contribution is 0.415. The van der Waals surface area contributed by atoms with Gasteiger partial charge in [-0.25, -0.2) is 13.1 Å². The van der Waals surface area contributed by atoms with Gasteiger partial charge < -0.3 is 4.74 Å². The molecule has 174 valence electrons. The first kappa shape index (κ1) is 23.1. The Morgan fingerprint density at radius 1 is 1.00 bits per heavy atom. The molecule has 4 rings (SSSR count). The number of sulfonamides is 1. The molecular weight excluding hydrogens is 452 g/mol. The lowest BCUT2D eigenvalue weighted by atomic mass is 10.2. The maximum atomic E-state index is 12.9. The molecule has 0 aliphatic carbocycles. The van der Waals surface area contributed by atoms with Gasteiger partial charge in [0.25, 0.3) is 15.6 Å². The lowest BCUT2D eigenvalue weighted by Crippen LogP contribution is -2.17. The number of hydrogen-bond donors (Lipinski definition) is 2. The van der Waals surface area contributed by atoms with Crippen LogP contribution in [0, 0.1) is 13.8 Å². The molecule has 0 fully saturated rings. The van der Waals surface area contributed by atoms with E-state index in [0.717, 1.165) is 5.56 Å². The smallest absolute Gasteiger partial charge is 0.280 e. The Morgan fingerprint density at radius 3 is 2.41 bits per heavy atom. The fourth-order valence-electron chi connectivity index (χ4n) is 3.43. The molecule has 0 aliphatic heterocycles. The van der Waals surface area contributed by atoms with Crippen molar-refractivity contribution >= 4 is 27.6 Å². The Morgan fingerprint density at radius 2 is 1.71 bits per heavy atom. The first-order chi connectivity index (χ1) is 16.3. The van der Waals surface area contributed by atoms with Gasteiger partial charge in [0.15, 0.2) is 0 Å². The van der Waals surface area contributed by atoms with Crippen molar-refractivity contribution in [3.63, 3.8) is 0 Å². The third-order valence-electron chi connectivity index (χ3n) is 5.32. The van der Waals surface area contributed by atoms with Gasteiger partial charge in [0, 0.05) is 18.0 Å². The van der Waals surface area contributed by atoms with Crippen molar-refractivity contribution in [2.24, 2.45) is 4.99 Å². The largest absolute Gasteiger partial charge is 0.494 e. The van der Waals surface area contributed by atoms with E-state index >= 15 is 0 Å². The van der Waals surface area contributed by atoms with Gasteiger partial charge in [0.2, 0.25) is 0 Å². The fourth-order valence-corrected chi connectivity index (χ4v) is 4.57. The van der Waals surface area contributed by atoms with E-state index in [2.05, 4.69) is 14.8 Å². The fraction of sp³-hybridized carbons (Fsp3) is 0.120. The summed E-state index contributed by atoms with van der Waals surface area (Å²) in [5.41, 5.74) is 3.21. The topological polar surface area (TPSA) is 106 Å². The number of hydrogen-bond acceptors (Lipinski definition) is 5. The lowest BCUT2D eigenvalue weighted by Gasteiger charge is -2.12. The number of benzene rings is 3. The molecule has 0 unspecified atom stereocenters. The van der Waals surface area contributed by atoms with Crippen molar-refractivity contribution in [2.45, 2.75) is 18.7 Å². The number of nitrogens with one attached hydrogen (secondary N) is 2. The Kier molecular flexibility index (Phi) is 6.38. The number of nitrogens with zero attached hydrogens (tertiary/aromatic N) is 2. The summed E-state index contributed by atoms with van der Waals surface area (Å²) in [6, 6.07) is 20.7. The summed E-state index contributed by atoms with van der Waals surface area (Å²) >= 11 is 0. The first-order valence-electron chi connectivity index (χ1n) is 10.5. The van der Waals surface area contributed by atoms with E-state index in [1.165, 1.54) is 30.1 Å². The summed E-state index contributed by atoms with van der Waals surface area (Å²) in [7, 11) is -2.40. The zero-order valence-electron chi connectivity index (χ0n) is 18.9. The minimum atomic E-state index is -3.83. The molecule has 0 atom stereocenters. The maximum Gasteiger partial charge on any atom is 0.280 e. The number of aromatic amines is 1. The minimum Gasteiger partial charge on any atom is -0.494 e. The van der Waals surface area contributed by atoms with Gasteiger partial charge in [0.1, 0.15) is 11.4 Å².